The summed E-state index contributed by atoms with van der Waals surface area (Å²) >= 11 is 0. The number of anilines is 6. The van der Waals surface area contributed by atoms with E-state index in [-0.39, 0.29) is 0 Å². The molecule has 0 saturated heterocycles. The van der Waals surface area contributed by atoms with Crippen molar-refractivity contribution in [3.63, 3.8) is 0 Å². The number of benzene rings is 8. The van der Waals surface area contributed by atoms with Crippen molar-refractivity contribution in [1.82, 2.24) is 0 Å². The van der Waals surface area contributed by atoms with E-state index in [1.54, 1.807) is 0 Å². The molecule has 60 heavy (non-hydrogen) atoms. The van der Waals surface area contributed by atoms with E-state index in [0.717, 1.165) is 67.5 Å². The van der Waals surface area contributed by atoms with Gasteiger partial charge in [0.1, 0.15) is 0 Å². The van der Waals surface area contributed by atoms with Gasteiger partial charge in [0, 0.05) is 34.1 Å². The van der Waals surface area contributed by atoms with Crippen molar-refractivity contribution < 1.29 is 0 Å². The Balaban J connectivity index is 0.937. The van der Waals surface area contributed by atoms with Crippen LogP contribution >= 0.6 is 0 Å². The van der Waals surface area contributed by atoms with Crippen molar-refractivity contribution in [2.24, 2.45) is 0 Å². The zero-order valence-electron chi connectivity index (χ0n) is 32.9. The maximum Gasteiger partial charge on any atom is 0.0998 e. The molecule has 0 fully saturated rings. The van der Waals surface area contributed by atoms with Gasteiger partial charge in [-0.05, 0) is 118 Å². The summed E-state index contributed by atoms with van der Waals surface area (Å²) < 4.78 is 0. The first-order chi connectivity index (χ1) is 29.6. The molecular formula is C56H40N4. The Hall–Kier alpha value is -8.44. The second-order valence-corrected chi connectivity index (χ2v) is 14.1. The summed E-state index contributed by atoms with van der Waals surface area (Å²) in [4.78, 5) is 4.47. The van der Waals surface area contributed by atoms with Crippen LogP contribution in [0, 0.1) is 22.7 Å². The van der Waals surface area contributed by atoms with Crippen molar-refractivity contribution in [3.8, 4) is 12.1 Å². The van der Waals surface area contributed by atoms with Gasteiger partial charge < -0.3 is 9.80 Å². The Morgan fingerprint density at radius 1 is 0.283 bits per heavy atom. The predicted octanol–water partition coefficient (Wildman–Crippen LogP) is 14.9. The van der Waals surface area contributed by atoms with Crippen LogP contribution in [-0.4, -0.2) is 0 Å². The third-order valence-electron chi connectivity index (χ3n) is 10.1. The zero-order chi connectivity index (χ0) is 40.9. The van der Waals surface area contributed by atoms with Gasteiger partial charge in [-0.15, -0.1) is 0 Å². The van der Waals surface area contributed by atoms with E-state index < -0.39 is 0 Å². The van der Waals surface area contributed by atoms with Gasteiger partial charge in [0.25, 0.3) is 0 Å². The molecule has 0 aliphatic rings. The summed E-state index contributed by atoms with van der Waals surface area (Å²) in [6.45, 7) is 0. The largest absolute Gasteiger partial charge is 0.311 e. The summed E-state index contributed by atoms with van der Waals surface area (Å²) in [6, 6.07) is 74.6. The molecule has 0 spiro atoms. The standard InChI is InChI=1S/C56H40N4/c57-41-49-39-45(23-21-43-27-35-55(36-28-43)59(51-13-5-1-6-14-51)52-15-7-2-8-16-52)25-31-47(49)33-34-48-32-26-46(40-50(48)42-58)24-22-44-29-37-56(38-30-44)60(53-17-9-3-10-18-53)54-19-11-4-12-20-54/h1-40H/b23-21+,24-22+,34-33+. The summed E-state index contributed by atoms with van der Waals surface area (Å²) in [5, 5.41) is 20.1. The highest BCUT2D eigenvalue weighted by molar-refractivity contribution is 5.82. The Morgan fingerprint density at radius 3 is 0.850 bits per heavy atom. The lowest BCUT2D eigenvalue weighted by atomic mass is 10.00. The minimum absolute atomic E-state index is 0.560. The van der Waals surface area contributed by atoms with Crippen LogP contribution in [0.5, 0.6) is 0 Å². The quantitative estimate of drug-likeness (QED) is 0.116. The normalized spacial score (nSPS) is 11.1. The molecule has 8 aromatic rings. The van der Waals surface area contributed by atoms with Gasteiger partial charge in [0.2, 0.25) is 0 Å². The van der Waals surface area contributed by atoms with E-state index in [9.17, 15) is 10.5 Å². The van der Waals surface area contributed by atoms with Gasteiger partial charge >= 0.3 is 0 Å². The van der Waals surface area contributed by atoms with Crippen LogP contribution in [0.15, 0.2) is 206 Å². The summed E-state index contributed by atoms with van der Waals surface area (Å²) in [7, 11) is 0. The molecule has 8 aromatic carbocycles. The average molecular weight is 769 g/mol. The molecule has 0 radical (unpaired) electrons. The Labute approximate surface area is 352 Å². The molecule has 0 bridgehead atoms. The summed E-state index contributed by atoms with van der Waals surface area (Å²) in [6.07, 6.45) is 12.0. The monoisotopic (exact) mass is 768 g/mol. The van der Waals surface area contributed by atoms with Crippen LogP contribution < -0.4 is 9.80 Å². The lowest BCUT2D eigenvalue weighted by Gasteiger charge is -2.25. The fourth-order valence-corrected chi connectivity index (χ4v) is 7.08. The Bertz CT molecular complexity index is 2570. The predicted molar refractivity (Wildman–Crippen MR) is 251 cm³/mol. The van der Waals surface area contributed by atoms with Gasteiger partial charge in [0.15, 0.2) is 0 Å². The van der Waals surface area contributed by atoms with Crippen molar-refractivity contribution in [3.05, 3.63) is 251 Å². The minimum atomic E-state index is 0.560. The van der Waals surface area contributed by atoms with Crippen LogP contribution in [-0.2, 0) is 0 Å². The topological polar surface area (TPSA) is 54.1 Å². The third kappa shape index (κ3) is 9.22. The number of hydrogen-bond acceptors (Lipinski definition) is 4. The fraction of sp³-hybridized carbons (Fsp3) is 0. The highest BCUT2D eigenvalue weighted by Crippen LogP contribution is 2.36. The van der Waals surface area contributed by atoms with Gasteiger partial charge in [-0.3, -0.25) is 0 Å². The highest BCUT2D eigenvalue weighted by atomic mass is 15.1. The first-order valence-electron chi connectivity index (χ1n) is 19.8. The summed E-state index contributed by atoms with van der Waals surface area (Å²) in [5.41, 5.74) is 13.1. The van der Waals surface area contributed by atoms with Crippen LogP contribution in [0.3, 0.4) is 0 Å². The second-order valence-electron chi connectivity index (χ2n) is 14.1. The molecule has 0 atom stereocenters. The van der Waals surface area contributed by atoms with Crippen molar-refractivity contribution >= 4 is 70.6 Å². The molecule has 4 nitrogen and oxygen atoms in total. The van der Waals surface area contributed by atoms with E-state index in [4.69, 9.17) is 0 Å². The smallest absolute Gasteiger partial charge is 0.0998 e. The molecule has 4 heteroatoms. The first kappa shape index (κ1) is 38.4. The number of nitriles is 2. The molecule has 0 N–H and O–H groups in total. The molecule has 0 aromatic heterocycles. The highest BCUT2D eigenvalue weighted by Gasteiger charge is 2.13. The van der Waals surface area contributed by atoms with Gasteiger partial charge in [0.05, 0.1) is 23.3 Å². The van der Waals surface area contributed by atoms with Crippen LogP contribution in [0.25, 0.3) is 36.5 Å². The minimum Gasteiger partial charge on any atom is -0.311 e. The maximum absolute atomic E-state index is 10.1. The van der Waals surface area contributed by atoms with Gasteiger partial charge in [-0.25, -0.2) is 0 Å². The molecule has 0 amide bonds. The van der Waals surface area contributed by atoms with E-state index in [1.165, 1.54) is 0 Å². The number of para-hydroxylation sites is 4. The van der Waals surface area contributed by atoms with Crippen molar-refractivity contribution in [2.45, 2.75) is 0 Å². The van der Waals surface area contributed by atoms with Gasteiger partial charge in [-0.2, -0.15) is 10.5 Å². The molecule has 0 saturated carbocycles. The molecule has 0 aliphatic heterocycles. The van der Waals surface area contributed by atoms with E-state index in [1.807, 2.05) is 133 Å². The Kier molecular flexibility index (Phi) is 12.0. The third-order valence-corrected chi connectivity index (χ3v) is 10.1. The van der Waals surface area contributed by atoms with Crippen LogP contribution in [0.1, 0.15) is 44.5 Å². The van der Waals surface area contributed by atoms with E-state index >= 15 is 0 Å². The fourth-order valence-electron chi connectivity index (χ4n) is 7.08. The maximum atomic E-state index is 10.1. The zero-order valence-corrected chi connectivity index (χ0v) is 32.9. The molecular weight excluding hydrogens is 729 g/mol. The number of hydrogen-bond donors (Lipinski definition) is 0. The van der Waals surface area contributed by atoms with E-state index in [0.29, 0.717) is 11.1 Å². The van der Waals surface area contributed by atoms with E-state index in [2.05, 4.69) is 131 Å². The Morgan fingerprint density at radius 2 is 0.550 bits per heavy atom. The van der Waals surface area contributed by atoms with Crippen molar-refractivity contribution in [2.75, 3.05) is 9.80 Å². The lowest BCUT2D eigenvalue weighted by molar-refractivity contribution is 1.28. The SMILES string of the molecule is N#Cc1cc(/C=C/c2ccc(N(c3ccccc3)c3ccccc3)cc2)ccc1/C=C/c1ccc(/C=C/c2ccc(N(c3ccccc3)c3ccccc3)cc2)cc1C#N. The van der Waals surface area contributed by atoms with Crippen LogP contribution in [0.2, 0.25) is 0 Å². The molecule has 0 heterocycles. The van der Waals surface area contributed by atoms with Gasteiger partial charge in [-0.1, -0.05) is 158 Å². The first-order valence-corrected chi connectivity index (χ1v) is 19.8. The number of nitrogens with zero attached hydrogens (tertiary/aromatic N) is 4. The second kappa shape index (κ2) is 18.7. The molecule has 284 valence electrons. The van der Waals surface area contributed by atoms with Crippen LogP contribution in [0.4, 0.5) is 34.1 Å². The summed E-state index contributed by atoms with van der Waals surface area (Å²) in [5.74, 6) is 0. The average Bonchev–Trinajstić information content (AvgIpc) is 3.32. The van der Waals surface area contributed by atoms with Crippen molar-refractivity contribution in [1.29, 1.82) is 10.5 Å². The molecule has 8 rings (SSSR count). The lowest BCUT2D eigenvalue weighted by Crippen LogP contribution is -2.09. The molecule has 0 unspecified atom stereocenters. The molecule has 0 aliphatic carbocycles. The number of rotatable bonds is 12.